The van der Waals surface area contributed by atoms with Crippen LogP contribution in [0.3, 0.4) is 0 Å². The number of urea groups is 1. The lowest BCUT2D eigenvalue weighted by molar-refractivity contribution is -0.911. The van der Waals surface area contributed by atoms with Gasteiger partial charge in [0.05, 0.1) is 32.4 Å². The number of para-hydroxylation sites is 2. The van der Waals surface area contributed by atoms with Crippen molar-refractivity contribution in [2.24, 2.45) is 0 Å². The summed E-state index contributed by atoms with van der Waals surface area (Å²) < 4.78 is 18.3. The number of quaternary nitrogens is 1. The fourth-order valence-electron chi connectivity index (χ4n) is 3.26. The van der Waals surface area contributed by atoms with Gasteiger partial charge in [-0.15, -0.1) is 0 Å². The highest BCUT2D eigenvalue weighted by molar-refractivity contribution is 5.91. The number of benzene rings is 2. The number of halogens is 1. The standard InChI is InChI=1S/C20H24FN3O2/c1-26-19-6-3-2-5-18(19)22-20(25)24-12-4-11-23(13-14-24)15-16-7-9-17(21)10-8-16/h2-3,5-10H,4,11-15H2,1H3,(H,22,25)/p+1. The van der Waals surface area contributed by atoms with Gasteiger partial charge < -0.3 is 19.9 Å². The maximum Gasteiger partial charge on any atom is 0.322 e. The van der Waals surface area contributed by atoms with Crippen molar-refractivity contribution in [2.45, 2.75) is 13.0 Å². The van der Waals surface area contributed by atoms with E-state index in [1.165, 1.54) is 17.0 Å². The van der Waals surface area contributed by atoms with Crippen molar-refractivity contribution in [3.63, 3.8) is 0 Å². The quantitative estimate of drug-likeness (QED) is 0.880. The number of methoxy groups -OCH3 is 1. The van der Waals surface area contributed by atoms with Gasteiger partial charge in [0.2, 0.25) is 0 Å². The fraction of sp³-hybridized carbons (Fsp3) is 0.350. The van der Waals surface area contributed by atoms with E-state index >= 15 is 0 Å². The van der Waals surface area contributed by atoms with Crippen molar-refractivity contribution in [3.05, 3.63) is 59.9 Å². The average molecular weight is 358 g/mol. The zero-order valence-corrected chi connectivity index (χ0v) is 15.0. The Hall–Kier alpha value is -2.60. The van der Waals surface area contributed by atoms with E-state index in [9.17, 15) is 9.18 Å². The Bertz CT molecular complexity index is 736. The minimum Gasteiger partial charge on any atom is -0.495 e. The van der Waals surface area contributed by atoms with Crippen LogP contribution in [0.15, 0.2) is 48.5 Å². The Balaban J connectivity index is 1.56. The third-order valence-corrected chi connectivity index (χ3v) is 4.70. The van der Waals surface area contributed by atoms with Gasteiger partial charge in [0, 0.05) is 18.5 Å². The number of anilines is 1. The minimum absolute atomic E-state index is 0.0995. The Morgan fingerprint density at radius 1 is 1.15 bits per heavy atom. The molecule has 1 aliphatic rings. The summed E-state index contributed by atoms with van der Waals surface area (Å²) in [7, 11) is 1.59. The van der Waals surface area contributed by atoms with Crippen LogP contribution < -0.4 is 15.0 Å². The molecule has 0 aliphatic carbocycles. The summed E-state index contributed by atoms with van der Waals surface area (Å²) in [6.07, 6.45) is 0.940. The summed E-state index contributed by atoms with van der Waals surface area (Å²) in [5, 5.41) is 2.94. The van der Waals surface area contributed by atoms with Gasteiger partial charge in [-0.3, -0.25) is 0 Å². The van der Waals surface area contributed by atoms with Crippen LogP contribution in [0.4, 0.5) is 14.9 Å². The molecule has 1 saturated heterocycles. The van der Waals surface area contributed by atoms with Crippen molar-refractivity contribution < 1.29 is 18.8 Å². The van der Waals surface area contributed by atoms with Crippen LogP contribution in [0.25, 0.3) is 0 Å². The van der Waals surface area contributed by atoms with E-state index in [-0.39, 0.29) is 11.8 Å². The summed E-state index contributed by atoms with van der Waals surface area (Å²) >= 11 is 0. The molecule has 5 nitrogen and oxygen atoms in total. The van der Waals surface area contributed by atoms with E-state index in [1.54, 1.807) is 7.11 Å². The molecule has 6 heteroatoms. The number of carbonyl (C=O) groups is 1. The number of nitrogens with one attached hydrogen (secondary N) is 2. The van der Waals surface area contributed by atoms with E-state index in [1.807, 2.05) is 41.3 Å². The molecule has 138 valence electrons. The third-order valence-electron chi connectivity index (χ3n) is 4.70. The first-order valence-electron chi connectivity index (χ1n) is 8.92. The molecule has 0 bridgehead atoms. The Morgan fingerprint density at radius 3 is 2.69 bits per heavy atom. The molecule has 0 radical (unpaired) electrons. The largest absolute Gasteiger partial charge is 0.495 e. The molecular weight excluding hydrogens is 333 g/mol. The molecule has 2 amide bonds. The van der Waals surface area contributed by atoms with Crippen LogP contribution in [0, 0.1) is 5.82 Å². The summed E-state index contributed by atoms with van der Waals surface area (Å²) in [6, 6.07) is 14.0. The summed E-state index contributed by atoms with van der Waals surface area (Å²) in [5.41, 5.74) is 1.80. The van der Waals surface area contributed by atoms with E-state index in [0.29, 0.717) is 18.0 Å². The summed E-state index contributed by atoms with van der Waals surface area (Å²) in [5.74, 6) is 0.443. The summed E-state index contributed by atoms with van der Waals surface area (Å²) in [4.78, 5) is 15.9. The molecular formula is C20H25FN3O2+. The molecule has 2 aromatic carbocycles. The van der Waals surface area contributed by atoms with E-state index in [2.05, 4.69) is 5.32 Å². The SMILES string of the molecule is COc1ccccc1NC(=O)N1CCC[NH+](Cc2ccc(F)cc2)CC1. The molecule has 2 aromatic rings. The number of nitrogens with zero attached hydrogens (tertiary/aromatic N) is 1. The van der Waals surface area contributed by atoms with Crippen molar-refractivity contribution in [1.29, 1.82) is 0 Å². The van der Waals surface area contributed by atoms with Crippen molar-refractivity contribution in [1.82, 2.24) is 4.90 Å². The number of amides is 2. The van der Waals surface area contributed by atoms with Gasteiger partial charge in [0.15, 0.2) is 0 Å². The number of hydrogen-bond acceptors (Lipinski definition) is 2. The number of rotatable bonds is 4. The van der Waals surface area contributed by atoms with Crippen LogP contribution in [0.1, 0.15) is 12.0 Å². The van der Waals surface area contributed by atoms with Crippen LogP contribution >= 0.6 is 0 Å². The van der Waals surface area contributed by atoms with Gasteiger partial charge in [-0.05, 0) is 24.3 Å². The first kappa shape index (κ1) is 18.2. The number of carbonyl (C=O) groups excluding carboxylic acids is 1. The van der Waals surface area contributed by atoms with Gasteiger partial charge in [-0.25, -0.2) is 9.18 Å². The highest BCUT2D eigenvalue weighted by atomic mass is 19.1. The Labute approximate surface area is 153 Å². The molecule has 1 unspecified atom stereocenters. The van der Waals surface area contributed by atoms with Gasteiger partial charge in [0.25, 0.3) is 0 Å². The van der Waals surface area contributed by atoms with Gasteiger partial charge >= 0.3 is 6.03 Å². The molecule has 26 heavy (non-hydrogen) atoms. The van der Waals surface area contributed by atoms with Crippen molar-refractivity contribution in [3.8, 4) is 5.75 Å². The first-order chi connectivity index (χ1) is 12.7. The first-order valence-corrected chi connectivity index (χ1v) is 8.92. The highest BCUT2D eigenvalue weighted by Crippen LogP contribution is 2.23. The topological polar surface area (TPSA) is 46.0 Å². The van der Waals surface area contributed by atoms with E-state index in [4.69, 9.17) is 4.74 Å². The van der Waals surface area contributed by atoms with Gasteiger partial charge in [-0.1, -0.05) is 24.3 Å². The van der Waals surface area contributed by atoms with E-state index < -0.39 is 0 Å². The monoisotopic (exact) mass is 358 g/mol. The highest BCUT2D eigenvalue weighted by Gasteiger charge is 2.22. The molecule has 1 heterocycles. The molecule has 1 aliphatic heterocycles. The minimum atomic E-state index is -0.209. The second kappa shape index (κ2) is 8.67. The second-order valence-corrected chi connectivity index (χ2v) is 6.52. The van der Waals surface area contributed by atoms with Crippen LogP contribution in [-0.2, 0) is 6.54 Å². The lowest BCUT2D eigenvalue weighted by Gasteiger charge is -2.21. The number of ether oxygens (including phenoxy) is 1. The molecule has 0 spiro atoms. The predicted molar refractivity (Wildman–Crippen MR) is 99.0 cm³/mol. The molecule has 0 aromatic heterocycles. The van der Waals surface area contributed by atoms with E-state index in [0.717, 1.165) is 38.2 Å². The molecule has 0 saturated carbocycles. The summed E-state index contributed by atoms with van der Waals surface area (Å²) in [6.45, 7) is 4.14. The molecule has 2 N–H and O–H groups in total. The Kier molecular flexibility index (Phi) is 6.07. The normalized spacial score (nSPS) is 17.5. The maximum absolute atomic E-state index is 13.0. The lowest BCUT2D eigenvalue weighted by Crippen LogP contribution is -3.11. The maximum atomic E-state index is 13.0. The van der Waals surface area contributed by atoms with Gasteiger partial charge in [0.1, 0.15) is 18.1 Å². The third kappa shape index (κ3) is 4.73. The van der Waals surface area contributed by atoms with Crippen molar-refractivity contribution >= 4 is 11.7 Å². The predicted octanol–water partition coefficient (Wildman–Crippen LogP) is 2.16. The van der Waals surface area contributed by atoms with Crippen LogP contribution in [0.5, 0.6) is 5.75 Å². The Morgan fingerprint density at radius 2 is 1.92 bits per heavy atom. The smallest absolute Gasteiger partial charge is 0.322 e. The van der Waals surface area contributed by atoms with Gasteiger partial charge in [-0.2, -0.15) is 0 Å². The average Bonchev–Trinajstić information content (AvgIpc) is 2.90. The van der Waals surface area contributed by atoms with Crippen LogP contribution in [-0.4, -0.2) is 44.2 Å². The van der Waals surface area contributed by atoms with Crippen LogP contribution in [0.2, 0.25) is 0 Å². The molecule has 1 atom stereocenters. The molecule has 3 rings (SSSR count). The lowest BCUT2D eigenvalue weighted by atomic mass is 10.2. The fourth-order valence-corrected chi connectivity index (χ4v) is 3.26. The number of hydrogen-bond donors (Lipinski definition) is 2. The second-order valence-electron chi connectivity index (χ2n) is 6.52. The zero-order chi connectivity index (χ0) is 18.4. The molecule has 1 fully saturated rings. The van der Waals surface area contributed by atoms with Crippen molar-refractivity contribution in [2.75, 3.05) is 38.6 Å². The zero-order valence-electron chi connectivity index (χ0n) is 15.0.